The molecule has 48 heavy (non-hydrogen) atoms. The van der Waals surface area contributed by atoms with Crippen LogP contribution in [-0.4, -0.2) is 57.8 Å². The smallest absolute Gasteiger partial charge is 0.408 e. The van der Waals surface area contributed by atoms with Crippen LogP contribution in [0, 0.1) is 5.95 Å². The minimum absolute atomic E-state index is 0.126. The number of pyridine rings is 1. The molecule has 6 rings (SSSR count). The molecule has 0 spiro atoms. The number of ether oxygens (including phenoxy) is 3. The zero-order valence-electron chi connectivity index (χ0n) is 27.0. The molecule has 0 radical (unpaired) electrons. The fraction of sp³-hybridized carbons (Fsp3) is 0.417. The summed E-state index contributed by atoms with van der Waals surface area (Å²) in [5.74, 6) is -0.527. The quantitative estimate of drug-likeness (QED) is 0.136. The van der Waals surface area contributed by atoms with Gasteiger partial charge in [-0.05, 0) is 87.8 Å². The maximum Gasteiger partial charge on any atom is 0.408 e. The summed E-state index contributed by atoms with van der Waals surface area (Å²) < 4.78 is 78.0. The van der Waals surface area contributed by atoms with E-state index in [1.807, 2.05) is 0 Å². The van der Waals surface area contributed by atoms with Gasteiger partial charge in [0.05, 0.1) is 16.4 Å². The molecule has 2 unspecified atom stereocenters. The number of alkyl halides is 3. The number of benzene rings is 2. The Morgan fingerprint density at radius 2 is 1.79 bits per heavy atom. The number of halogens is 4. The van der Waals surface area contributed by atoms with E-state index in [0.29, 0.717) is 42.5 Å². The molecule has 2 atom stereocenters. The minimum Gasteiger partial charge on any atom is -0.475 e. The fourth-order valence-corrected chi connectivity index (χ4v) is 5.86. The number of rotatable bonds is 10. The molecule has 1 aliphatic carbocycles. The summed E-state index contributed by atoms with van der Waals surface area (Å²) in [6, 6.07) is 16.0. The third-order valence-electron chi connectivity index (χ3n) is 8.37. The van der Waals surface area contributed by atoms with Crippen LogP contribution in [0.4, 0.5) is 22.4 Å². The van der Waals surface area contributed by atoms with Gasteiger partial charge < -0.3 is 19.5 Å². The third-order valence-corrected chi connectivity index (χ3v) is 8.37. The molecule has 0 bridgehead atoms. The number of hydrogen-bond donors (Lipinski definition) is 1. The van der Waals surface area contributed by atoms with Crippen LogP contribution in [0.15, 0.2) is 66.9 Å². The molecule has 1 N–H and O–H groups in total. The Hall–Kier alpha value is -4.45. The highest BCUT2D eigenvalue weighted by Gasteiger charge is 2.46. The number of alkyl carbamates (subject to hydrolysis) is 1. The molecule has 2 fully saturated rings. The molecule has 1 amide bonds. The van der Waals surface area contributed by atoms with Gasteiger partial charge in [-0.1, -0.05) is 36.4 Å². The van der Waals surface area contributed by atoms with E-state index in [-0.39, 0.29) is 34.6 Å². The van der Waals surface area contributed by atoms with Crippen molar-refractivity contribution in [1.29, 1.82) is 0 Å². The molecule has 2 aromatic heterocycles. The molecule has 1 saturated carbocycles. The second-order valence-corrected chi connectivity index (χ2v) is 13.3. The van der Waals surface area contributed by atoms with Crippen molar-refractivity contribution in [2.24, 2.45) is 0 Å². The largest absolute Gasteiger partial charge is 0.475 e. The number of aromatic nitrogens is 3. The maximum atomic E-state index is 15.7. The first-order valence-electron chi connectivity index (χ1n) is 16.0. The molecule has 2 aromatic carbocycles. The van der Waals surface area contributed by atoms with Gasteiger partial charge in [-0.25, -0.2) is 27.6 Å². The van der Waals surface area contributed by atoms with E-state index in [2.05, 4.69) is 15.4 Å². The van der Waals surface area contributed by atoms with Crippen LogP contribution in [0.5, 0.6) is 5.88 Å². The van der Waals surface area contributed by atoms with Crippen molar-refractivity contribution in [2.75, 3.05) is 13.2 Å². The van der Waals surface area contributed by atoms with Crippen LogP contribution >= 0.6 is 0 Å². The Bertz CT molecular complexity index is 1780. The fourth-order valence-electron chi connectivity index (χ4n) is 5.86. The SMILES string of the molecule is CC(C)(C)OC(=O)NC1(COc2ccc(C(=C(c3ccccc3)C(F)C(F)F)c3ccc4c(c3)c(F)nn4C3CCCCO3)cn2)CC1. The molecule has 1 saturated heterocycles. The van der Waals surface area contributed by atoms with Crippen LogP contribution in [-0.2, 0) is 9.47 Å². The van der Waals surface area contributed by atoms with Crippen molar-refractivity contribution in [3.05, 3.63) is 89.5 Å². The van der Waals surface area contributed by atoms with Crippen molar-refractivity contribution in [1.82, 2.24) is 20.1 Å². The summed E-state index contributed by atoms with van der Waals surface area (Å²) in [7, 11) is 0. The Kier molecular flexibility index (Phi) is 9.46. The van der Waals surface area contributed by atoms with E-state index >= 15 is 8.78 Å². The number of nitrogens with one attached hydrogen (secondary N) is 1. The topological polar surface area (TPSA) is 87.5 Å². The summed E-state index contributed by atoms with van der Waals surface area (Å²) in [6.45, 7) is 6.01. The Labute approximate surface area is 276 Å². The number of carbonyl (C=O) groups is 1. The van der Waals surface area contributed by atoms with Gasteiger partial charge in [0.25, 0.3) is 6.43 Å². The van der Waals surface area contributed by atoms with Crippen molar-refractivity contribution < 1.29 is 36.6 Å². The molecule has 3 heterocycles. The molecule has 8 nitrogen and oxygen atoms in total. The number of amides is 1. The number of fused-ring (bicyclic) bond motifs is 1. The van der Waals surface area contributed by atoms with Gasteiger partial charge in [0.2, 0.25) is 11.8 Å². The Balaban J connectivity index is 1.36. The number of hydrogen-bond acceptors (Lipinski definition) is 6. The van der Waals surface area contributed by atoms with Gasteiger partial charge in [0, 0.05) is 30.0 Å². The molecule has 1 aliphatic heterocycles. The average molecular weight is 667 g/mol. The zero-order valence-corrected chi connectivity index (χ0v) is 27.0. The summed E-state index contributed by atoms with van der Waals surface area (Å²) in [6.07, 6.45) is -1.64. The molecule has 12 heteroatoms. The van der Waals surface area contributed by atoms with Crippen molar-refractivity contribution in [2.45, 2.75) is 82.8 Å². The number of carbonyl (C=O) groups excluding carboxylic acids is 1. The Morgan fingerprint density at radius 1 is 1.04 bits per heavy atom. The van der Waals surface area contributed by atoms with Crippen LogP contribution < -0.4 is 10.1 Å². The van der Waals surface area contributed by atoms with E-state index in [1.165, 1.54) is 16.9 Å². The van der Waals surface area contributed by atoms with Crippen LogP contribution in [0.3, 0.4) is 0 Å². The van der Waals surface area contributed by atoms with Gasteiger partial charge in [0.1, 0.15) is 12.2 Å². The normalized spacial score (nSPS) is 18.7. The highest BCUT2D eigenvalue weighted by Crippen LogP contribution is 2.40. The third kappa shape index (κ3) is 7.48. The predicted molar refractivity (Wildman–Crippen MR) is 173 cm³/mol. The minimum atomic E-state index is -3.33. The summed E-state index contributed by atoms with van der Waals surface area (Å²) in [5.41, 5.74) is -0.0159. The van der Waals surface area contributed by atoms with E-state index in [4.69, 9.17) is 14.2 Å². The molecule has 4 aromatic rings. The highest BCUT2D eigenvalue weighted by atomic mass is 19.3. The molecular weight excluding hydrogens is 628 g/mol. The van der Waals surface area contributed by atoms with Crippen LogP contribution in [0.1, 0.15) is 75.8 Å². The highest BCUT2D eigenvalue weighted by molar-refractivity contribution is 6.01. The van der Waals surface area contributed by atoms with Crippen molar-refractivity contribution >= 4 is 28.1 Å². The van der Waals surface area contributed by atoms with Gasteiger partial charge in [-0.2, -0.15) is 4.39 Å². The molecule has 254 valence electrons. The van der Waals surface area contributed by atoms with Crippen molar-refractivity contribution in [3.63, 3.8) is 0 Å². The first kappa shape index (κ1) is 33.5. The van der Waals surface area contributed by atoms with Gasteiger partial charge in [-0.3, -0.25) is 0 Å². The lowest BCUT2D eigenvalue weighted by atomic mass is 9.87. The number of allylic oxidation sites excluding steroid dienone is 1. The molecule has 2 aliphatic rings. The zero-order chi connectivity index (χ0) is 34.1. The lowest BCUT2D eigenvalue weighted by Crippen LogP contribution is -2.44. The van der Waals surface area contributed by atoms with E-state index < -0.39 is 42.0 Å². The average Bonchev–Trinajstić information content (AvgIpc) is 3.75. The second-order valence-electron chi connectivity index (χ2n) is 13.3. The van der Waals surface area contributed by atoms with Crippen LogP contribution in [0.2, 0.25) is 0 Å². The van der Waals surface area contributed by atoms with E-state index in [9.17, 15) is 13.6 Å². The lowest BCUT2D eigenvalue weighted by molar-refractivity contribution is -0.0375. The van der Waals surface area contributed by atoms with E-state index in [1.54, 1.807) is 75.4 Å². The molecular formula is C36H38F4N4O4. The number of nitrogens with zero attached hydrogens (tertiary/aromatic N) is 3. The summed E-state index contributed by atoms with van der Waals surface area (Å²) in [5, 5.41) is 7.11. The predicted octanol–water partition coefficient (Wildman–Crippen LogP) is 8.27. The monoisotopic (exact) mass is 666 g/mol. The first-order chi connectivity index (χ1) is 22.9. The Morgan fingerprint density at radius 3 is 2.42 bits per heavy atom. The standard InChI is InChI=1S/C36H38F4N4O4/c1-35(2,3)48-34(45)42-36(16-17-36)21-47-27-15-13-24(20-41-27)29(30(31(37)32(38)39)22-9-5-4-6-10-22)23-12-14-26-25(19-23)33(40)43-44(26)28-11-7-8-18-46-28/h4-6,9-10,12-15,19-20,28,31-32H,7-8,11,16-18,21H2,1-3H3,(H,42,45). The van der Waals surface area contributed by atoms with Crippen LogP contribution in [0.25, 0.3) is 22.0 Å². The van der Waals surface area contributed by atoms with Crippen molar-refractivity contribution in [3.8, 4) is 5.88 Å². The first-order valence-corrected chi connectivity index (χ1v) is 16.0. The maximum absolute atomic E-state index is 15.7. The van der Waals surface area contributed by atoms with E-state index in [0.717, 1.165) is 12.8 Å². The van der Waals surface area contributed by atoms with Gasteiger partial charge in [-0.15, -0.1) is 5.10 Å². The summed E-state index contributed by atoms with van der Waals surface area (Å²) >= 11 is 0. The summed E-state index contributed by atoms with van der Waals surface area (Å²) in [4.78, 5) is 16.7. The lowest BCUT2D eigenvalue weighted by Gasteiger charge is -2.23. The van der Waals surface area contributed by atoms with Gasteiger partial charge in [0.15, 0.2) is 12.4 Å². The second kappa shape index (κ2) is 13.6. The van der Waals surface area contributed by atoms with Gasteiger partial charge >= 0.3 is 6.09 Å².